The van der Waals surface area contributed by atoms with Gasteiger partial charge in [0.15, 0.2) is 0 Å². The Hall–Kier alpha value is -0.500. The summed E-state index contributed by atoms with van der Waals surface area (Å²) in [6, 6.07) is 2.29. The van der Waals surface area contributed by atoms with Gasteiger partial charge in [-0.3, -0.25) is 4.68 Å². The maximum Gasteiger partial charge on any atom is 0.0624 e. The third-order valence-electron chi connectivity index (χ3n) is 5.25. The molecule has 3 heteroatoms. The fourth-order valence-corrected chi connectivity index (χ4v) is 4.66. The van der Waals surface area contributed by atoms with Crippen LogP contribution in [0.15, 0.2) is 6.07 Å². The van der Waals surface area contributed by atoms with Crippen molar-refractivity contribution in [3.63, 3.8) is 0 Å². The number of rotatable bonds is 5. The van der Waals surface area contributed by atoms with Crippen LogP contribution in [0.1, 0.15) is 65.3 Å². The molecular weight excluding hydrogens is 280 g/mol. The van der Waals surface area contributed by atoms with E-state index in [1.807, 2.05) is 0 Å². The number of halogens is 1. The molecule has 21 heavy (non-hydrogen) atoms. The second-order valence-electron chi connectivity index (χ2n) is 7.50. The van der Waals surface area contributed by atoms with Gasteiger partial charge in [-0.25, -0.2) is 0 Å². The topological polar surface area (TPSA) is 17.8 Å². The molecule has 0 radical (unpaired) electrons. The van der Waals surface area contributed by atoms with E-state index in [9.17, 15) is 0 Å². The molecule has 3 atom stereocenters. The van der Waals surface area contributed by atoms with E-state index in [-0.39, 0.29) is 5.41 Å². The summed E-state index contributed by atoms with van der Waals surface area (Å²) in [7, 11) is 0. The molecule has 120 valence electrons. The van der Waals surface area contributed by atoms with Crippen molar-refractivity contribution in [1.82, 2.24) is 9.78 Å². The summed E-state index contributed by atoms with van der Waals surface area (Å²) < 4.78 is 2.18. The van der Waals surface area contributed by atoms with E-state index in [4.69, 9.17) is 16.7 Å². The van der Waals surface area contributed by atoms with Gasteiger partial charge in [0.1, 0.15) is 0 Å². The summed E-state index contributed by atoms with van der Waals surface area (Å²) in [5.74, 6) is 1.40. The van der Waals surface area contributed by atoms with Crippen molar-refractivity contribution in [2.24, 2.45) is 17.3 Å². The molecule has 0 saturated heterocycles. The highest BCUT2D eigenvalue weighted by molar-refractivity contribution is 6.20. The van der Waals surface area contributed by atoms with Gasteiger partial charge < -0.3 is 0 Å². The molecule has 2 rings (SSSR count). The zero-order valence-electron chi connectivity index (χ0n) is 14.3. The summed E-state index contributed by atoms with van der Waals surface area (Å²) in [5, 5.41) is 5.02. The normalized spacial score (nSPS) is 27.0. The molecule has 1 aliphatic rings. The predicted molar refractivity (Wildman–Crippen MR) is 90.9 cm³/mol. The van der Waals surface area contributed by atoms with Crippen LogP contribution in [0.2, 0.25) is 0 Å². The lowest BCUT2D eigenvalue weighted by Crippen LogP contribution is -2.37. The Labute approximate surface area is 135 Å². The number of hydrogen-bond acceptors (Lipinski definition) is 1. The van der Waals surface area contributed by atoms with Crippen molar-refractivity contribution in [2.75, 3.05) is 0 Å². The van der Waals surface area contributed by atoms with Crippen molar-refractivity contribution in [3.8, 4) is 0 Å². The van der Waals surface area contributed by atoms with Crippen LogP contribution in [0.4, 0.5) is 0 Å². The minimum Gasteiger partial charge on any atom is -0.270 e. The van der Waals surface area contributed by atoms with E-state index in [1.54, 1.807) is 0 Å². The van der Waals surface area contributed by atoms with E-state index < -0.39 is 0 Å². The van der Waals surface area contributed by atoms with E-state index >= 15 is 0 Å². The average molecular weight is 311 g/mol. The first-order valence-electron chi connectivity index (χ1n) is 8.57. The van der Waals surface area contributed by atoms with Gasteiger partial charge in [-0.15, -0.1) is 11.6 Å². The zero-order chi connectivity index (χ0) is 15.6. The Morgan fingerprint density at radius 2 is 2.05 bits per heavy atom. The van der Waals surface area contributed by atoms with Crippen molar-refractivity contribution >= 4 is 11.6 Å². The third-order valence-corrected chi connectivity index (χ3v) is 5.73. The number of aromatic nitrogens is 2. The minimum atomic E-state index is 0.241. The first-order chi connectivity index (χ1) is 9.87. The van der Waals surface area contributed by atoms with Gasteiger partial charge >= 0.3 is 0 Å². The summed E-state index contributed by atoms with van der Waals surface area (Å²) in [5.41, 5.74) is 2.83. The molecule has 0 aliphatic heterocycles. The second kappa shape index (κ2) is 6.73. The van der Waals surface area contributed by atoms with Gasteiger partial charge in [-0.2, -0.15) is 5.10 Å². The molecule has 0 N–H and O–H groups in total. The van der Waals surface area contributed by atoms with Gasteiger partial charge in [0.25, 0.3) is 0 Å². The van der Waals surface area contributed by atoms with Crippen LogP contribution in [-0.2, 0) is 19.4 Å². The minimum absolute atomic E-state index is 0.241. The largest absolute Gasteiger partial charge is 0.270 e. The molecule has 3 unspecified atom stereocenters. The summed E-state index contributed by atoms with van der Waals surface area (Å²) in [6.45, 7) is 12.4. The Morgan fingerprint density at radius 1 is 1.33 bits per heavy atom. The quantitative estimate of drug-likeness (QED) is 0.694. The Kier molecular flexibility index (Phi) is 5.40. The van der Waals surface area contributed by atoms with Crippen molar-refractivity contribution in [2.45, 2.75) is 78.6 Å². The van der Waals surface area contributed by atoms with Gasteiger partial charge in [-0.1, -0.05) is 34.1 Å². The Bertz CT molecular complexity index is 464. The maximum absolute atomic E-state index is 6.71. The van der Waals surface area contributed by atoms with Crippen molar-refractivity contribution in [1.29, 1.82) is 0 Å². The van der Waals surface area contributed by atoms with Crippen LogP contribution in [0.5, 0.6) is 0 Å². The Morgan fingerprint density at radius 3 is 2.62 bits per heavy atom. The summed E-state index contributed by atoms with van der Waals surface area (Å²) in [4.78, 5) is 0. The van der Waals surface area contributed by atoms with Crippen LogP contribution in [0, 0.1) is 17.3 Å². The lowest BCUT2D eigenvalue weighted by atomic mass is 9.67. The number of aryl methyl sites for hydroxylation is 2. The molecule has 0 bridgehead atoms. The summed E-state index contributed by atoms with van der Waals surface area (Å²) in [6.07, 6.45) is 5.85. The highest BCUT2D eigenvalue weighted by Gasteiger charge is 2.38. The molecule has 1 saturated carbocycles. The Balaban J connectivity index is 2.14. The number of hydrogen-bond donors (Lipinski definition) is 0. The monoisotopic (exact) mass is 310 g/mol. The average Bonchev–Trinajstić information content (AvgIpc) is 2.79. The van der Waals surface area contributed by atoms with E-state index in [1.165, 1.54) is 30.7 Å². The fraction of sp³-hybridized carbons (Fsp3) is 0.833. The zero-order valence-corrected chi connectivity index (χ0v) is 15.1. The van der Waals surface area contributed by atoms with Crippen molar-refractivity contribution in [3.05, 3.63) is 17.5 Å². The SMILES string of the molecule is CCc1cc(CC(C)(C)C2CCC(C)CC2Cl)n(CC)n1. The third kappa shape index (κ3) is 3.83. The first kappa shape index (κ1) is 16.9. The van der Waals surface area contributed by atoms with E-state index in [0.29, 0.717) is 11.3 Å². The first-order valence-corrected chi connectivity index (χ1v) is 9.00. The van der Waals surface area contributed by atoms with Crippen LogP contribution in [0.3, 0.4) is 0 Å². The van der Waals surface area contributed by atoms with Crippen LogP contribution in [0.25, 0.3) is 0 Å². The highest BCUT2D eigenvalue weighted by Crippen LogP contribution is 2.44. The molecule has 1 aliphatic carbocycles. The van der Waals surface area contributed by atoms with Gasteiger partial charge in [-0.05, 0) is 55.9 Å². The van der Waals surface area contributed by atoms with Crippen LogP contribution < -0.4 is 0 Å². The highest BCUT2D eigenvalue weighted by atomic mass is 35.5. The molecule has 1 heterocycles. The maximum atomic E-state index is 6.71. The molecule has 1 fully saturated rings. The van der Waals surface area contributed by atoms with E-state index in [2.05, 4.69) is 45.4 Å². The smallest absolute Gasteiger partial charge is 0.0624 e. The van der Waals surface area contributed by atoms with Gasteiger partial charge in [0.2, 0.25) is 0 Å². The van der Waals surface area contributed by atoms with Crippen LogP contribution >= 0.6 is 11.6 Å². The van der Waals surface area contributed by atoms with Crippen LogP contribution in [-0.4, -0.2) is 15.2 Å². The fourth-order valence-electron chi connectivity index (χ4n) is 3.89. The molecule has 2 nitrogen and oxygen atoms in total. The predicted octanol–water partition coefficient (Wildman–Crippen LogP) is 5.08. The number of nitrogens with zero attached hydrogens (tertiary/aromatic N) is 2. The number of alkyl halides is 1. The second-order valence-corrected chi connectivity index (χ2v) is 8.06. The molecule has 0 aromatic carbocycles. The standard InChI is InChI=1S/C18H31ClN2/c1-6-14-11-15(21(7-2)20-14)12-18(4,5)16-9-8-13(3)10-17(16)19/h11,13,16-17H,6-10,12H2,1-5H3. The van der Waals surface area contributed by atoms with Crippen molar-refractivity contribution < 1.29 is 0 Å². The molecule has 0 spiro atoms. The lowest BCUT2D eigenvalue weighted by Gasteiger charge is -2.42. The lowest BCUT2D eigenvalue weighted by molar-refractivity contribution is 0.139. The molecule has 1 aromatic heterocycles. The summed E-state index contributed by atoms with van der Waals surface area (Å²) >= 11 is 6.71. The van der Waals surface area contributed by atoms with Gasteiger partial charge in [0, 0.05) is 17.6 Å². The molecular formula is C18H31ClN2. The molecule has 0 amide bonds. The molecule has 1 aromatic rings. The van der Waals surface area contributed by atoms with E-state index in [0.717, 1.165) is 25.3 Å². The van der Waals surface area contributed by atoms with Gasteiger partial charge in [0.05, 0.1) is 5.69 Å².